The van der Waals surface area contributed by atoms with Crippen LogP contribution in [-0.2, 0) is 26.0 Å². The van der Waals surface area contributed by atoms with Gasteiger partial charge in [-0.1, -0.05) is 18.2 Å². The molecule has 0 aliphatic heterocycles. The Morgan fingerprint density at radius 1 is 0.923 bits per heavy atom. The molecule has 0 fully saturated rings. The van der Waals surface area contributed by atoms with Gasteiger partial charge in [0.25, 0.3) is 0 Å². The summed E-state index contributed by atoms with van der Waals surface area (Å²) in [4.78, 5) is -1.90. The third-order valence-electron chi connectivity index (χ3n) is 3.35. The van der Waals surface area contributed by atoms with E-state index in [1.807, 2.05) is 4.72 Å². The van der Waals surface area contributed by atoms with E-state index in [9.17, 15) is 30.0 Å². The second-order valence-corrected chi connectivity index (χ2v) is 8.84. The van der Waals surface area contributed by atoms with E-state index in [1.54, 1.807) is 6.07 Å². The highest BCUT2D eigenvalue weighted by Gasteiger charge is 2.38. The van der Waals surface area contributed by atoms with Gasteiger partial charge in [-0.3, -0.25) is 0 Å². The van der Waals surface area contributed by atoms with Gasteiger partial charge in [0.05, 0.1) is 20.2 Å². The van der Waals surface area contributed by atoms with Gasteiger partial charge in [0.15, 0.2) is 0 Å². The number of nitrogens with one attached hydrogen (secondary N) is 1. The molecule has 2 rings (SSSR count). The second-order valence-electron chi connectivity index (χ2n) is 5.16. The molecule has 3 N–H and O–H groups in total. The Morgan fingerprint density at radius 2 is 1.54 bits per heavy atom. The maximum Gasteiger partial charge on any atom is 0.417 e. The first-order valence-corrected chi connectivity index (χ1v) is 10.2. The molecule has 0 spiro atoms. The molecule has 11 heteroatoms. The molecule has 0 bridgehead atoms. The van der Waals surface area contributed by atoms with Gasteiger partial charge < -0.3 is 5.73 Å². The normalized spacial score (nSPS) is 12.9. The van der Waals surface area contributed by atoms with Crippen molar-refractivity contribution in [3.63, 3.8) is 0 Å². The molecule has 142 valence electrons. The average Bonchev–Trinajstić information content (AvgIpc) is 2.59. The number of halogens is 3. The summed E-state index contributed by atoms with van der Waals surface area (Å²) >= 11 is 0. The molecule has 0 saturated carbocycles. The lowest BCUT2D eigenvalue weighted by Crippen LogP contribution is -2.31. The van der Waals surface area contributed by atoms with E-state index < -0.39 is 41.4 Å². The topological polar surface area (TPSA) is 106 Å². The van der Waals surface area contributed by atoms with Crippen molar-refractivity contribution in [2.75, 3.05) is 13.1 Å². The molecule has 0 aliphatic carbocycles. The van der Waals surface area contributed by atoms with Crippen LogP contribution in [0.3, 0.4) is 0 Å². The Labute approximate surface area is 148 Å². The molecule has 0 atom stereocenters. The maximum atomic E-state index is 13.2. The number of nitrogens with two attached hydrogens (primary N) is 1. The van der Waals surface area contributed by atoms with Crippen molar-refractivity contribution in [1.82, 2.24) is 4.72 Å². The highest BCUT2D eigenvalue weighted by Crippen LogP contribution is 2.36. The third kappa shape index (κ3) is 4.23. The Hall–Kier alpha value is -1.95. The van der Waals surface area contributed by atoms with Gasteiger partial charge in [-0.2, -0.15) is 13.2 Å². The van der Waals surface area contributed by atoms with Gasteiger partial charge in [-0.05, 0) is 30.3 Å². The molecule has 0 unspecified atom stereocenters. The fourth-order valence-corrected chi connectivity index (χ4v) is 4.81. The summed E-state index contributed by atoms with van der Waals surface area (Å²) in [6.45, 7) is -0.433. The highest BCUT2D eigenvalue weighted by molar-refractivity contribution is 7.91. The van der Waals surface area contributed by atoms with Crippen LogP contribution in [0.4, 0.5) is 13.2 Å². The summed E-state index contributed by atoms with van der Waals surface area (Å²) in [5.74, 6) is 0. The SMILES string of the molecule is NCCNS(=O)(=O)c1cc(S(=O)(=O)c2ccccc2)ccc1C(F)(F)F. The third-order valence-corrected chi connectivity index (χ3v) is 6.62. The van der Waals surface area contributed by atoms with Crippen LogP contribution in [0.1, 0.15) is 5.56 Å². The first kappa shape index (κ1) is 20.4. The Bertz CT molecular complexity index is 989. The summed E-state index contributed by atoms with van der Waals surface area (Å²) in [6, 6.07) is 8.64. The first-order valence-electron chi connectivity index (χ1n) is 7.21. The van der Waals surface area contributed by atoms with Gasteiger partial charge in [0.2, 0.25) is 19.9 Å². The standard InChI is InChI=1S/C15H15F3N2O4S2/c16-15(17,18)13-7-6-12(10-14(13)26(23,24)20-9-8-19)25(21,22)11-4-2-1-3-5-11/h1-7,10,20H,8-9,19H2. The lowest BCUT2D eigenvalue weighted by atomic mass is 10.2. The van der Waals surface area contributed by atoms with Gasteiger partial charge in [0, 0.05) is 13.1 Å². The smallest absolute Gasteiger partial charge is 0.329 e. The molecule has 6 nitrogen and oxygen atoms in total. The number of alkyl halides is 3. The molecule has 0 aliphatic rings. The minimum atomic E-state index is -4.98. The molecule has 0 radical (unpaired) electrons. The van der Waals surface area contributed by atoms with Crippen molar-refractivity contribution >= 4 is 19.9 Å². The lowest BCUT2D eigenvalue weighted by Gasteiger charge is -2.15. The molecule has 0 heterocycles. The largest absolute Gasteiger partial charge is 0.417 e. The van der Waals surface area contributed by atoms with Crippen molar-refractivity contribution in [1.29, 1.82) is 0 Å². The van der Waals surface area contributed by atoms with E-state index in [1.165, 1.54) is 24.3 Å². The number of hydrogen-bond donors (Lipinski definition) is 2. The van der Waals surface area contributed by atoms with Crippen LogP contribution in [0.15, 0.2) is 63.2 Å². The maximum absolute atomic E-state index is 13.2. The van der Waals surface area contributed by atoms with Crippen LogP contribution in [-0.4, -0.2) is 29.9 Å². The first-order chi connectivity index (χ1) is 12.0. The molecular formula is C15H15F3N2O4S2. The van der Waals surface area contributed by atoms with Crippen LogP contribution in [0.25, 0.3) is 0 Å². The zero-order valence-corrected chi connectivity index (χ0v) is 14.8. The summed E-state index contributed by atoms with van der Waals surface area (Å²) in [7, 11) is -8.80. The molecule has 0 aromatic heterocycles. The Morgan fingerprint density at radius 3 is 2.08 bits per heavy atom. The number of rotatable bonds is 6. The highest BCUT2D eigenvalue weighted by atomic mass is 32.2. The van der Waals surface area contributed by atoms with Crippen molar-refractivity contribution in [2.24, 2.45) is 5.73 Å². The Balaban J connectivity index is 2.68. The minimum Gasteiger partial charge on any atom is -0.329 e. The van der Waals surface area contributed by atoms with E-state index in [4.69, 9.17) is 5.73 Å². The molecule has 0 saturated heterocycles. The van der Waals surface area contributed by atoms with Crippen molar-refractivity contribution in [3.8, 4) is 0 Å². The molecular weight excluding hydrogens is 393 g/mol. The van der Waals surface area contributed by atoms with Crippen LogP contribution in [0, 0.1) is 0 Å². The van der Waals surface area contributed by atoms with Crippen LogP contribution in [0.5, 0.6) is 0 Å². The van der Waals surface area contributed by atoms with Crippen LogP contribution in [0.2, 0.25) is 0 Å². The monoisotopic (exact) mass is 408 g/mol. The van der Waals surface area contributed by atoms with E-state index in [0.717, 1.165) is 6.07 Å². The number of sulfone groups is 1. The molecule has 2 aromatic carbocycles. The molecule has 26 heavy (non-hydrogen) atoms. The van der Waals surface area contributed by atoms with Gasteiger partial charge in [0.1, 0.15) is 0 Å². The van der Waals surface area contributed by atoms with Crippen molar-refractivity contribution in [3.05, 3.63) is 54.1 Å². The predicted molar refractivity (Wildman–Crippen MR) is 87.6 cm³/mol. The van der Waals surface area contributed by atoms with Crippen molar-refractivity contribution < 1.29 is 30.0 Å². The number of hydrogen-bond acceptors (Lipinski definition) is 5. The fourth-order valence-electron chi connectivity index (χ4n) is 2.13. The van der Waals surface area contributed by atoms with Gasteiger partial charge >= 0.3 is 6.18 Å². The van der Waals surface area contributed by atoms with Crippen LogP contribution < -0.4 is 10.5 Å². The number of sulfonamides is 1. The predicted octanol–water partition coefficient (Wildman–Crippen LogP) is 1.78. The quantitative estimate of drug-likeness (QED) is 0.758. The molecule has 2 aromatic rings. The summed E-state index contributed by atoms with van der Waals surface area (Å²) in [5.41, 5.74) is 3.70. The fraction of sp³-hybridized carbons (Fsp3) is 0.200. The van der Waals surface area contributed by atoms with Crippen LogP contribution >= 0.6 is 0 Å². The van der Waals surface area contributed by atoms with E-state index in [0.29, 0.717) is 12.1 Å². The van der Waals surface area contributed by atoms with E-state index in [-0.39, 0.29) is 18.0 Å². The molecule has 0 amide bonds. The van der Waals surface area contributed by atoms with E-state index >= 15 is 0 Å². The Kier molecular flexibility index (Phi) is 5.76. The van der Waals surface area contributed by atoms with Crippen molar-refractivity contribution in [2.45, 2.75) is 20.9 Å². The zero-order valence-electron chi connectivity index (χ0n) is 13.2. The number of benzene rings is 2. The summed E-state index contributed by atoms with van der Waals surface area (Å²) in [6.07, 6.45) is -4.98. The summed E-state index contributed by atoms with van der Waals surface area (Å²) in [5, 5.41) is 0. The van der Waals surface area contributed by atoms with E-state index in [2.05, 4.69) is 0 Å². The minimum absolute atomic E-state index is 0.136. The lowest BCUT2D eigenvalue weighted by molar-refractivity contribution is -0.139. The van der Waals surface area contributed by atoms with Gasteiger partial charge in [-0.25, -0.2) is 21.6 Å². The zero-order chi connectivity index (χ0) is 19.6. The van der Waals surface area contributed by atoms with Gasteiger partial charge in [-0.15, -0.1) is 0 Å². The average molecular weight is 408 g/mol. The summed E-state index contributed by atoms with van der Waals surface area (Å²) < 4.78 is 91.0. The second kappa shape index (κ2) is 7.35.